The molecule has 0 saturated heterocycles. The molecule has 0 aliphatic carbocycles. The number of hydrogen-bond donors (Lipinski definition) is 1. The van der Waals surface area contributed by atoms with Gasteiger partial charge in [0.05, 0.1) is 31.8 Å². The molecule has 2 heterocycles. The molecule has 0 fully saturated rings. The molecular weight excluding hydrogens is 278 g/mol. The summed E-state index contributed by atoms with van der Waals surface area (Å²) in [5.41, 5.74) is 1.97. The molecule has 0 aliphatic rings. The monoisotopic (exact) mass is 295 g/mol. The Morgan fingerprint density at radius 3 is 2.82 bits per heavy atom. The summed E-state index contributed by atoms with van der Waals surface area (Å²) in [7, 11) is 1.62. The number of benzene rings is 1. The molecule has 5 nitrogen and oxygen atoms in total. The van der Waals surface area contributed by atoms with E-state index in [0.29, 0.717) is 13.0 Å². The van der Waals surface area contributed by atoms with Crippen molar-refractivity contribution >= 4 is 11.4 Å². The number of carbonyl (C=O) groups is 1. The molecule has 0 atom stereocenters. The number of aromatic nitrogens is 2. The summed E-state index contributed by atoms with van der Waals surface area (Å²) in [6.45, 7) is 0.410. The Morgan fingerprint density at radius 2 is 2.05 bits per heavy atom. The highest BCUT2D eigenvalue weighted by atomic mass is 16.5. The highest BCUT2D eigenvalue weighted by molar-refractivity contribution is 5.78. The SMILES string of the molecule is COc1ccc(CC(=O)NCc2ncc3ccccn23)cc1. The van der Waals surface area contributed by atoms with Crippen molar-refractivity contribution < 1.29 is 9.53 Å². The van der Waals surface area contributed by atoms with E-state index in [4.69, 9.17) is 4.74 Å². The Bertz CT molecular complexity index is 778. The third-order valence-electron chi connectivity index (χ3n) is 3.48. The molecule has 0 spiro atoms. The van der Waals surface area contributed by atoms with Crippen LogP contribution >= 0.6 is 0 Å². The number of rotatable bonds is 5. The molecule has 0 radical (unpaired) electrons. The Hall–Kier alpha value is -2.82. The zero-order chi connectivity index (χ0) is 15.4. The molecule has 112 valence electrons. The van der Waals surface area contributed by atoms with Gasteiger partial charge in [0.2, 0.25) is 5.91 Å². The van der Waals surface area contributed by atoms with Gasteiger partial charge in [-0.15, -0.1) is 0 Å². The minimum Gasteiger partial charge on any atom is -0.497 e. The Balaban J connectivity index is 1.60. The van der Waals surface area contributed by atoms with Gasteiger partial charge in [-0.1, -0.05) is 18.2 Å². The Morgan fingerprint density at radius 1 is 1.23 bits per heavy atom. The van der Waals surface area contributed by atoms with Crippen molar-refractivity contribution in [3.8, 4) is 5.75 Å². The van der Waals surface area contributed by atoms with Crippen molar-refractivity contribution in [2.24, 2.45) is 0 Å². The molecule has 0 saturated carbocycles. The predicted molar refractivity (Wildman–Crippen MR) is 83.7 cm³/mol. The lowest BCUT2D eigenvalue weighted by Gasteiger charge is -2.06. The van der Waals surface area contributed by atoms with Crippen LogP contribution in [0.4, 0.5) is 0 Å². The zero-order valence-corrected chi connectivity index (χ0v) is 12.3. The van der Waals surface area contributed by atoms with E-state index in [0.717, 1.165) is 22.7 Å². The highest BCUT2D eigenvalue weighted by Gasteiger charge is 2.07. The standard InChI is InChI=1S/C17H17N3O2/c1-22-15-7-5-13(6-8-15)10-17(21)19-12-16-18-11-14-4-2-3-9-20(14)16/h2-9,11H,10,12H2,1H3,(H,19,21). The fourth-order valence-electron chi connectivity index (χ4n) is 2.30. The second-order valence-corrected chi connectivity index (χ2v) is 4.97. The number of pyridine rings is 1. The maximum Gasteiger partial charge on any atom is 0.224 e. The third-order valence-corrected chi connectivity index (χ3v) is 3.48. The summed E-state index contributed by atoms with van der Waals surface area (Å²) in [6.07, 6.45) is 4.07. The van der Waals surface area contributed by atoms with Gasteiger partial charge in [0.25, 0.3) is 0 Å². The van der Waals surface area contributed by atoms with Crippen molar-refractivity contribution in [3.05, 3.63) is 66.2 Å². The van der Waals surface area contributed by atoms with Crippen LogP contribution in [0.2, 0.25) is 0 Å². The smallest absolute Gasteiger partial charge is 0.224 e. The van der Waals surface area contributed by atoms with E-state index in [-0.39, 0.29) is 5.91 Å². The van der Waals surface area contributed by atoms with Crippen LogP contribution in [-0.2, 0) is 17.8 Å². The van der Waals surface area contributed by atoms with E-state index >= 15 is 0 Å². The quantitative estimate of drug-likeness (QED) is 0.785. The Kier molecular flexibility index (Phi) is 4.05. The van der Waals surface area contributed by atoms with Crippen LogP contribution in [-0.4, -0.2) is 22.4 Å². The Labute approximate surface area is 128 Å². The van der Waals surface area contributed by atoms with Crippen molar-refractivity contribution in [3.63, 3.8) is 0 Å². The van der Waals surface area contributed by atoms with Crippen LogP contribution in [0.15, 0.2) is 54.9 Å². The summed E-state index contributed by atoms with van der Waals surface area (Å²) in [5.74, 6) is 1.57. The number of ether oxygens (including phenoxy) is 1. The first-order valence-corrected chi connectivity index (χ1v) is 7.07. The van der Waals surface area contributed by atoms with Crippen LogP contribution < -0.4 is 10.1 Å². The summed E-state index contributed by atoms with van der Waals surface area (Å²) < 4.78 is 7.07. The highest BCUT2D eigenvalue weighted by Crippen LogP contribution is 2.11. The lowest BCUT2D eigenvalue weighted by molar-refractivity contribution is -0.120. The second kappa shape index (κ2) is 6.30. The predicted octanol–water partition coefficient (Wildman–Crippen LogP) is 2.20. The molecule has 5 heteroatoms. The number of methoxy groups -OCH3 is 1. The number of carbonyl (C=O) groups excluding carboxylic acids is 1. The van der Waals surface area contributed by atoms with Gasteiger partial charge >= 0.3 is 0 Å². The van der Waals surface area contributed by atoms with Gasteiger partial charge < -0.3 is 14.5 Å². The maximum atomic E-state index is 12.0. The number of nitrogens with zero attached hydrogens (tertiary/aromatic N) is 2. The van der Waals surface area contributed by atoms with E-state index < -0.39 is 0 Å². The summed E-state index contributed by atoms with van der Waals surface area (Å²) >= 11 is 0. The molecule has 3 aromatic rings. The molecule has 1 aromatic carbocycles. The van der Waals surface area contributed by atoms with Crippen molar-refractivity contribution in [2.75, 3.05) is 7.11 Å². The van der Waals surface area contributed by atoms with Crippen LogP contribution in [0.25, 0.3) is 5.52 Å². The van der Waals surface area contributed by atoms with Gasteiger partial charge in [0, 0.05) is 6.20 Å². The lowest BCUT2D eigenvalue weighted by atomic mass is 10.1. The number of fused-ring (bicyclic) bond motifs is 1. The molecule has 2 aromatic heterocycles. The first-order valence-electron chi connectivity index (χ1n) is 7.07. The van der Waals surface area contributed by atoms with Gasteiger partial charge in [-0.3, -0.25) is 4.79 Å². The van der Waals surface area contributed by atoms with Gasteiger partial charge in [-0.25, -0.2) is 4.98 Å². The third kappa shape index (κ3) is 3.09. The van der Waals surface area contributed by atoms with Crippen LogP contribution in [0, 0.1) is 0 Å². The van der Waals surface area contributed by atoms with Crippen LogP contribution in [0.3, 0.4) is 0 Å². The summed E-state index contributed by atoms with van der Waals surface area (Å²) in [5, 5.41) is 2.90. The van der Waals surface area contributed by atoms with E-state index in [1.54, 1.807) is 13.3 Å². The number of imidazole rings is 1. The topological polar surface area (TPSA) is 55.6 Å². The fraction of sp³-hybridized carbons (Fsp3) is 0.176. The molecular formula is C17H17N3O2. The number of hydrogen-bond acceptors (Lipinski definition) is 3. The molecule has 1 N–H and O–H groups in total. The summed E-state index contributed by atoms with van der Waals surface area (Å²) in [6, 6.07) is 13.4. The minimum absolute atomic E-state index is 0.0298. The van der Waals surface area contributed by atoms with E-state index in [2.05, 4.69) is 10.3 Å². The molecule has 1 amide bonds. The van der Waals surface area contributed by atoms with Crippen molar-refractivity contribution in [1.29, 1.82) is 0 Å². The normalized spacial score (nSPS) is 10.6. The number of amides is 1. The first kappa shape index (κ1) is 14.1. The molecule has 0 bridgehead atoms. The van der Waals surface area contributed by atoms with Gasteiger partial charge in [-0.05, 0) is 29.8 Å². The molecule has 0 unspecified atom stereocenters. The average Bonchev–Trinajstić information content (AvgIpc) is 2.97. The first-order chi connectivity index (χ1) is 10.8. The van der Waals surface area contributed by atoms with Gasteiger partial charge in [-0.2, -0.15) is 0 Å². The minimum atomic E-state index is -0.0298. The zero-order valence-electron chi connectivity index (χ0n) is 12.3. The molecule has 3 rings (SSSR count). The molecule has 0 aliphatic heterocycles. The second-order valence-electron chi connectivity index (χ2n) is 4.97. The van der Waals surface area contributed by atoms with Crippen molar-refractivity contribution in [2.45, 2.75) is 13.0 Å². The summed E-state index contributed by atoms with van der Waals surface area (Å²) in [4.78, 5) is 16.3. The largest absolute Gasteiger partial charge is 0.497 e. The van der Waals surface area contributed by atoms with Gasteiger partial charge in [0.15, 0.2) is 0 Å². The van der Waals surface area contributed by atoms with Crippen LogP contribution in [0.5, 0.6) is 5.75 Å². The van der Waals surface area contributed by atoms with E-state index in [9.17, 15) is 4.79 Å². The van der Waals surface area contributed by atoms with E-state index in [1.165, 1.54) is 0 Å². The molecule has 22 heavy (non-hydrogen) atoms. The van der Waals surface area contributed by atoms with Crippen molar-refractivity contribution in [1.82, 2.24) is 14.7 Å². The van der Waals surface area contributed by atoms with Gasteiger partial charge in [0.1, 0.15) is 11.6 Å². The fourth-order valence-corrected chi connectivity index (χ4v) is 2.30. The number of nitrogens with one attached hydrogen (secondary N) is 1. The van der Waals surface area contributed by atoms with Crippen LogP contribution in [0.1, 0.15) is 11.4 Å². The average molecular weight is 295 g/mol. The maximum absolute atomic E-state index is 12.0. The van der Waals surface area contributed by atoms with E-state index in [1.807, 2.05) is 53.1 Å². The lowest BCUT2D eigenvalue weighted by Crippen LogP contribution is -2.25.